The second kappa shape index (κ2) is 10.9. The first-order valence-corrected chi connectivity index (χ1v) is 10.3. The van der Waals surface area contributed by atoms with Crippen molar-refractivity contribution in [1.82, 2.24) is 5.32 Å². The number of nitrogens with zero attached hydrogens (tertiary/aromatic N) is 1. The molecule has 0 bridgehead atoms. The number of carbonyl (C=O) groups excluding carboxylic acids is 1. The number of nitrogens with one attached hydrogen (secondary N) is 1. The largest absolute Gasteiger partial charge is 0.496 e. The van der Waals surface area contributed by atoms with Gasteiger partial charge >= 0.3 is 5.97 Å². The first kappa shape index (κ1) is 23.5. The van der Waals surface area contributed by atoms with Crippen molar-refractivity contribution < 1.29 is 19.4 Å². The number of ether oxygens (including phenoxy) is 1. The first-order valence-electron chi connectivity index (χ1n) is 10.3. The molecular formula is C25H26N4O4. The molecule has 0 aliphatic heterocycles. The number of aliphatic carboxylic acids is 1. The minimum atomic E-state index is -1.08. The Hall–Kier alpha value is -4.17. The number of hydrogen-bond acceptors (Lipinski definition) is 4. The number of carboxylic acid groups (broad SMARTS) is 1. The van der Waals surface area contributed by atoms with Crippen LogP contribution >= 0.6 is 0 Å². The highest BCUT2D eigenvalue weighted by Gasteiger charge is 2.14. The number of carboxylic acids is 1. The number of rotatable bonds is 8. The predicted octanol–water partition coefficient (Wildman–Crippen LogP) is 2.56. The van der Waals surface area contributed by atoms with Gasteiger partial charge in [0.05, 0.1) is 7.11 Å². The minimum Gasteiger partial charge on any atom is -0.496 e. The van der Waals surface area contributed by atoms with Gasteiger partial charge in [-0.1, -0.05) is 54.6 Å². The molecule has 0 aliphatic carbocycles. The summed E-state index contributed by atoms with van der Waals surface area (Å²) in [7, 11) is 1.62. The van der Waals surface area contributed by atoms with Gasteiger partial charge < -0.3 is 26.6 Å². The molecule has 0 saturated heterocycles. The molecular weight excluding hydrogens is 420 g/mol. The SMILES string of the molecule is COc1cccc(CNC(N)=NC(=O)c2ccc(C[C@H](N)C(=O)O)cc2)c1-c1ccccc1. The highest BCUT2D eigenvalue weighted by Crippen LogP contribution is 2.33. The van der Waals surface area contributed by atoms with Crippen molar-refractivity contribution in [3.05, 3.63) is 89.5 Å². The van der Waals surface area contributed by atoms with Crippen LogP contribution in [0, 0.1) is 0 Å². The second-order valence-corrected chi connectivity index (χ2v) is 7.36. The van der Waals surface area contributed by atoms with E-state index in [9.17, 15) is 9.59 Å². The summed E-state index contributed by atoms with van der Waals surface area (Å²) in [4.78, 5) is 27.2. The van der Waals surface area contributed by atoms with E-state index in [2.05, 4.69) is 10.3 Å². The normalized spacial score (nSPS) is 12.1. The number of aliphatic imine (C=N–C) groups is 1. The summed E-state index contributed by atoms with van der Waals surface area (Å²) in [6.45, 7) is 0.343. The third kappa shape index (κ3) is 6.18. The number of nitrogens with two attached hydrogens (primary N) is 2. The molecule has 3 rings (SSSR count). The van der Waals surface area contributed by atoms with Gasteiger partial charge in [0.25, 0.3) is 5.91 Å². The van der Waals surface area contributed by atoms with Gasteiger partial charge in [0, 0.05) is 17.7 Å². The summed E-state index contributed by atoms with van der Waals surface area (Å²) in [5.74, 6) is -0.873. The van der Waals surface area contributed by atoms with E-state index in [0.29, 0.717) is 17.7 Å². The zero-order valence-corrected chi connectivity index (χ0v) is 18.2. The predicted molar refractivity (Wildman–Crippen MR) is 127 cm³/mol. The van der Waals surface area contributed by atoms with Gasteiger partial charge in [-0.25, -0.2) is 0 Å². The van der Waals surface area contributed by atoms with E-state index in [0.717, 1.165) is 22.4 Å². The van der Waals surface area contributed by atoms with Crippen LogP contribution in [0.4, 0.5) is 0 Å². The standard InChI is InChI=1S/C25H26N4O4/c1-33-21-9-5-8-19(22(21)17-6-3-2-4-7-17)15-28-25(27)29-23(30)18-12-10-16(11-13-18)14-20(26)24(31)32/h2-13,20H,14-15,26H2,1H3,(H,31,32)(H3,27,28,29,30)/t20-/m0/s1. The van der Waals surface area contributed by atoms with E-state index in [1.165, 1.54) is 0 Å². The third-order valence-electron chi connectivity index (χ3n) is 5.05. The van der Waals surface area contributed by atoms with E-state index >= 15 is 0 Å². The van der Waals surface area contributed by atoms with E-state index in [1.807, 2.05) is 48.5 Å². The van der Waals surface area contributed by atoms with Crippen molar-refractivity contribution in [2.45, 2.75) is 19.0 Å². The molecule has 1 amide bonds. The topological polar surface area (TPSA) is 140 Å². The maximum absolute atomic E-state index is 12.5. The van der Waals surface area contributed by atoms with Crippen LogP contribution in [0.15, 0.2) is 77.8 Å². The summed E-state index contributed by atoms with van der Waals surface area (Å²) >= 11 is 0. The van der Waals surface area contributed by atoms with Crippen molar-refractivity contribution in [2.75, 3.05) is 7.11 Å². The van der Waals surface area contributed by atoms with Gasteiger partial charge in [-0.2, -0.15) is 4.99 Å². The molecule has 8 nitrogen and oxygen atoms in total. The van der Waals surface area contributed by atoms with Crippen LogP contribution < -0.4 is 21.5 Å². The lowest BCUT2D eigenvalue weighted by Gasteiger charge is -2.15. The number of guanidine groups is 1. The van der Waals surface area contributed by atoms with Crippen LogP contribution in [-0.4, -0.2) is 36.1 Å². The van der Waals surface area contributed by atoms with Crippen LogP contribution in [0.3, 0.4) is 0 Å². The van der Waals surface area contributed by atoms with Crippen LogP contribution in [0.5, 0.6) is 5.75 Å². The second-order valence-electron chi connectivity index (χ2n) is 7.36. The molecule has 0 saturated carbocycles. The highest BCUT2D eigenvalue weighted by atomic mass is 16.5. The maximum Gasteiger partial charge on any atom is 0.320 e. The van der Waals surface area contributed by atoms with E-state index in [1.54, 1.807) is 31.4 Å². The zero-order valence-electron chi connectivity index (χ0n) is 18.2. The van der Waals surface area contributed by atoms with Crippen LogP contribution in [0.2, 0.25) is 0 Å². The molecule has 3 aromatic carbocycles. The van der Waals surface area contributed by atoms with Crippen molar-refractivity contribution in [3.8, 4) is 16.9 Å². The van der Waals surface area contributed by atoms with Crippen LogP contribution in [0.25, 0.3) is 11.1 Å². The summed E-state index contributed by atoms with van der Waals surface area (Å²) < 4.78 is 5.53. The molecule has 0 heterocycles. The molecule has 3 aromatic rings. The van der Waals surface area contributed by atoms with Gasteiger partial charge in [0.2, 0.25) is 0 Å². The Morgan fingerprint density at radius 1 is 1.03 bits per heavy atom. The number of hydrogen-bond donors (Lipinski definition) is 4. The quantitative estimate of drug-likeness (QED) is 0.308. The fourth-order valence-electron chi connectivity index (χ4n) is 3.35. The zero-order chi connectivity index (χ0) is 23.8. The van der Waals surface area contributed by atoms with E-state index < -0.39 is 17.9 Å². The fourth-order valence-corrected chi connectivity index (χ4v) is 3.35. The van der Waals surface area contributed by atoms with Crippen LogP contribution in [-0.2, 0) is 17.8 Å². The number of methoxy groups -OCH3 is 1. The Kier molecular flexibility index (Phi) is 7.77. The Morgan fingerprint density at radius 3 is 2.36 bits per heavy atom. The van der Waals surface area contributed by atoms with Crippen LogP contribution in [0.1, 0.15) is 21.5 Å². The molecule has 0 unspecified atom stereocenters. The molecule has 0 radical (unpaired) electrons. The molecule has 0 aromatic heterocycles. The Balaban J connectivity index is 1.70. The fraction of sp³-hybridized carbons (Fsp3) is 0.160. The lowest BCUT2D eigenvalue weighted by atomic mass is 9.98. The molecule has 0 spiro atoms. The van der Waals surface area contributed by atoms with Gasteiger partial charge in [-0.05, 0) is 41.3 Å². The summed E-state index contributed by atoms with van der Waals surface area (Å²) in [5, 5.41) is 11.9. The highest BCUT2D eigenvalue weighted by molar-refractivity contribution is 6.02. The number of benzene rings is 3. The molecule has 6 N–H and O–H groups in total. The first-order chi connectivity index (χ1) is 15.9. The molecule has 170 valence electrons. The Bertz CT molecular complexity index is 1140. The van der Waals surface area contributed by atoms with E-state index in [-0.39, 0.29) is 12.4 Å². The summed E-state index contributed by atoms with van der Waals surface area (Å²) in [5.41, 5.74) is 15.4. The molecule has 8 heteroatoms. The Morgan fingerprint density at radius 2 is 1.73 bits per heavy atom. The van der Waals surface area contributed by atoms with Crippen molar-refractivity contribution >= 4 is 17.8 Å². The van der Waals surface area contributed by atoms with Gasteiger partial charge in [0.1, 0.15) is 11.8 Å². The summed E-state index contributed by atoms with van der Waals surface area (Å²) in [6, 6.07) is 21.0. The van der Waals surface area contributed by atoms with Gasteiger partial charge in [0.15, 0.2) is 5.96 Å². The smallest absolute Gasteiger partial charge is 0.320 e. The van der Waals surface area contributed by atoms with Crippen molar-refractivity contribution in [3.63, 3.8) is 0 Å². The lowest BCUT2D eigenvalue weighted by molar-refractivity contribution is -0.138. The average molecular weight is 447 g/mol. The van der Waals surface area contributed by atoms with Crippen molar-refractivity contribution in [1.29, 1.82) is 0 Å². The molecule has 33 heavy (non-hydrogen) atoms. The minimum absolute atomic E-state index is 0.0150. The van der Waals surface area contributed by atoms with Crippen molar-refractivity contribution in [2.24, 2.45) is 16.5 Å². The van der Waals surface area contributed by atoms with Gasteiger partial charge in [-0.15, -0.1) is 0 Å². The van der Waals surface area contributed by atoms with Gasteiger partial charge in [-0.3, -0.25) is 9.59 Å². The maximum atomic E-state index is 12.5. The number of carbonyl (C=O) groups is 2. The molecule has 0 aliphatic rings. The Labute approximate surface area is 191 Å². The molecule has 0 fully saturated rings. The monoisotopic (exact) mass is 446 g/mol. The third-order valence-corrected chi connectivity index (χ3v) is 5.05. The summed E-state index contributed by atoms with van der Waals surface area (Å²) in [6.07, 6.45) is 0.168. The van der Waals surface area contributed by atoms with E-state index in [4.69, 9.17) is 21.3 Å². The lowest BCUT2D eigenvalue weighted by Crippen LogP contribution is -2.32. The molecule has 1 atom stereocenters. The number of amides is 1. The average Bonchev–Trinajstić information content (AvgIpc) is 2.83.